The molecule has 2 saturated heterocycles. The molecule has 0 spiro atoms. The van der Waals surface area contributed by atoms with Crippen LogP contribution in [0.25, 0.3) is 0 Å². The Bertz CT molecular complexity index is 872. The summed E-state index contributed by atoms with van der Waals surface area (Å²) in [6.45, 7) is 5.96. The number of carbonyl (C=O) groups is 2. The highest BCUT2D eigenvalue weighted by atomic mass is 16.2. The molecule has 3 N–H and O–H groups in total. The molecule has 1 atom stereocenters. The zero-order chi connectivity index (χ0) is 22.2. The van der Waals surface area contributed by atoms with Crippen molar-refractivity contribution in [1.82, 2.24) is 26.1 Å². The Labute approximate surface area is 188 Å². The number of pyridine rings is 1. The summed E-state index contributed by atoms with van der Waals surface area (Å²) >= 11 is 0. The van der Waals surface area contributed by atoms with Gasteiger partial charge >= 0.3 is 6.03 Å². The first-order chi connectivity index (χ1) is 15.7. The number of anilines is 2. The lowest BCUT2D eigenvalue weighted by Crippen LogP contribution is -2.51. The van der Waals surface area contributed by atoms with Gasteiger partial charge in [0.1, 0.15) is 5.82 Å². The minimum Gasteiger partial charge on any atom is -0.369 e. The second kappa shape index (κ2) is 10.8. The molecule has 0 aliphatic carbocycles. The van der Waals surface area contributed by atoms with E-state index in [1.54, 1.807) is 6.20 Å². The highest BCUT2D eigenvalue weighted by Gasteiger charge is 2.25. The largest absolute Gasteiger partial charge is 0.369 e. The number of nitrogens with zero attached hydrogens (tertiary/aromatic N) is 4. The van der Waals surface area contributed by atoms with Crippen molar-refractivity contribution in [3.05, 3.63) is 54.7 Å². The van der Waals surface area contributed by atoms with Crippen LogP contribution in [0.2, 0.25) is 0 Å². The second-order valence-electron chi connectivity index (χ2n) is 8.18. The first kappa shape index (κ1) is 21.9. The second-order valence-corrected chi connectivity index (χ2v) is 8.18. The van der Waals surface area contributed by atoms with Crippen LogP contribution in [0.5, 0.6) is 0 Å². The number of para-hydroxylation sites is 1. The number of aromatic nitrogens is 1. The number of rotatable bonds is 6. The van der Waals surface area contributed by atoms with Gasteiger partial charge in [0.15, 0.2) is 0 Å². The lowest BCUT2D eigenvalue weighted by Gasteiger charge is -2.36. The lowest BCUT2D eigenvalue weighted by molar-refractivity contribution is -0.122. The molecule has 2 aliphatic rings. The van der Waals surface area contributed by atoms with E-state index in [9.17, 15) is 9.59 Å². The average Bonchev–Trinajstić information content (AvgIpc) is 3.31. The minimum atomic E-state index is -0.386. The number of hydrogen-bond acceptors (Lipinski definition) is 6. The maximum absolute atomic E-state index is 12.1. The van der Waals surface area contributed by atoms with Crippen LogP contribution in [0, 0.1) is 0 Å². The van der Waals surface area contributed by atoms with E-state index in [4.69, 9.17) is 0 Å². The minimum absolute atomic E-state index is 0.0230. The maximum Gasteiger partial charge on any atom is 0.333 e. The summed E-state index contributed by atoms with van der Waals surface area (Å²) in [5.41, 5.74) is 6.22. The van der Waals surface area contributed by atoms with Gasteiger partial charge < -0.3 is 15.1 Å². The standard InChI is InChI=1S/C23H31N7O2/c31-22(10-12-28-14-16-29(17-15-28)20-6-2-1-3-7-20)26-27-23(32)25-19-9-13-30(18-19)21-8-4-5-11-24-21/h1-8,11,19H,9-10,12-18H2,(H,26,31)(H2,25,27,32). The number of hydrogen-bond donors (Lipinski definition) is 3. The number of piperazine rings is 1. The Kier molecular flexibility index (Phi) is 7.39. The van der Waals surface area contributed by atoms with Gasteiger partial charge in [-0.15, -0.1) is 0 Å². The van der Waals surface area contributed by atoms with Crippen LogP contribution >= 0.6 is 0 Å². The predicted octanol–water partition coefficient (Wildman–Crippen LogP) is 1.20. The highest BCUT2D eigenvalue weighted by molar-refractivity contribution is 5.81. The molecule has 2 aromatic rings. The molecule has 9 heteroatoms. The van der Waals surface area contributed by atoms with Crippen LogP contribution in [0.3, 0.4) is 0 Å². The van der Waals surface area contributed by atoms with E-state index < -0.39 is 0 Å². The van der Waals surface area contributed by atoms with Gasteiger partial charge in [0.05, 0.1) is 0 Å². The molecular weight excluding hydrogens is 406 g/mol. The number of urea groups is 1. The van der Waals surface area contributed by atoms with Crippen molar-refractivity contribution in [3.8, 4) is 0 Å². The Morgan fingerprint density at radius 3 is 2.44 bits per heavy atom. The monoisotopic (exact) mass is 437 g/mol. The van der Waals surface area contributed by atoms with Gasteiger partial charge in [-0.25, -0.2) is 15.2 Å². The third kappa shape index (κ3) is 6.10. The molecule has 32 heavy (non-hydrogen) atoms. The Morgan fingerprint density at radius 1 is 0.906 bits per heavy atom. The number of amides is 3. The molecule has 3 amide bonds. The van der Waals surface area contributed by atoms with Crippen LogP contribution in [0.15, 0.2) is 54.7 Å². The molecule has 0 saturated carbocycles. The topological polar surface area (TPSA) is 92.8 Å². The molecule has 9 nitrogen and oxygen atoms in total. The van der Waals surface area contributed by atoms with Crippen molar-refractivity contribution >= 4 is 23.4 Å². The molecule has 0 bridgehead atoms. The van der Waals surface area contributed by atoms with Gasteiger partial charge in [-0.05, 0) is 30.7 Å². The molecule has 3 heterocycles. The highest BCUT2D eigenvalue weighted by Crippen LogP contribution is 2.17. The van der Waals surface area contributed by atoms with E-state index >= 15 is 0 Å². The van der Waals surface area contributed by atoms with Gasteiger partial charge in [-0.2, -0.15) is 0 Å². The summed E-state index contributed by atoms with van der Waals surface area (Å²) in [6.07, 6.45) is 2.96. The van der Waals surface area contributed by atoms with Gasteiger partial charge in [-0.3, -0.25) is 15.1 Å². The summed E-state index contributed by atoms with van der Waals surface area (Å²) in [6, 6.07) is 15.8. The fourth-order valence-electron chi connectivity index (χ4n) is 4.17. The van der Waals surface area contributed by atoms with Crippen LogP contribution in [-0.2, 0) is 4.79 Å². The molecule has 1 unspecified atom stereocenters. The predicted molar refractivity (Wildman–Crippen MR) is 124 cm³/mol. The van der Waals surface area contributed by atoms with Crippen LogP contribution < -0.4 is 26.0 Å². The molecular formula is C23H31N7O2. The first-order valence-corrected chi connectivity index (χ1v) is 11.2. The van der Waals surface area contributed by atoms with E-state index in [1.165, 1.54) is 5.69 Å². The Balaban J connectivity index is 1.09. The third-order valence-corrected chi connectivity index (χ3v) is 5.96. The molecule has 170 valence electrons. The summed E-state index contributed by atoms with van der Waals surface area (Å²) < 4.78 is 0. The van der Waals surface area contributed by atoms with Gasteiger partial charge in [0.25, 0.3) is 0 Å². The van der Waals surface area contributed by atoms with Crippen LogP contribution in [0.1, 0.15) is 12.8 Å². The van der Waals surface area contributed by atoms with E-state index in [2.05, 4.69) is 60.1 Å². The van der Waals surface area contributed by atoms with Gasteiger partial charge in [0, 0.05) is 70.2 Å². The number of carbonyl (C=O) groups excluding carboxylic acids is 2. The molecule has 1 aromatic heterocycles. The molecule has 4 rings (SSSR count). The molecule has 2 aliphatic heterocycles. The Morgan fingerprint density at radius 2 is 1.69 bits per heavy atom. The van der Waals surface area contributed by atoms with Crippen molar-refractivity contribution in [3.63, 3.8) is 0 Å². The quantitative estimate of drug-likeness (QED) is 0.589. The number of benzene rings is 1. The average molecular weight is 438 g/mol. The maximum atomic E-state index is 12.1. The lowest BCUT2D eigenvalue weighted by atomic mass is 10.2. The van der Waals surface area contributed by atoms with Crippen molar-refractivity contribution in [1.29, 1.82) is 0 Å². The van der Waals surface area contributed by atoms with Gasteiger partial charge in [-0.1, -0.05) is 24.3 Å². The summed E-state index contributed by atoms with van der Waals surface area (Å²) in [5.74, 6) is 0.724. The van der Waals surface area contributed by atoms with Crippen molar-refractivity contribution in [2.45, 2.75) is 18.9 Å². The molecule has 0 radical (unpaired) electrons. The Hall–Kier alpha value is -3.33. The van der Waals surface area contributed by atoms with Crippen molar-refractivity contribution in [2.24, 2.45) is 0 Å². The zero-order valence-electron chi connectivity index (χ0n) is 18.2. The van der Waals surface area contributed by atoms with E-state index in [0.29, 0.717) is 19.5 Å². The summed E-state index contributed by atoms with van der Waals surface area (Å²) in [4.78, 5) is 35.4. The van der Waals surface area contributed by atoms with Crippen LogP contribution in [0.4, 0.5) is 16.3 Å². The van der Waals surface area contributed by atoms with Gasteiger partial charge in [0.2, 0.25) is 5.91 Å². The third-order valence-electron chi connectivity index (χ3n) is 5.96. The van der Waals surface area contributed by atoms with E-state index in [-0.39, 0.29) is 18.0 Å². The fourth-order valence-corrected chi connectivity index (χ4v) is 4.17. The normalized spacial score (nSPS) is 18.9. The summed E-state index contributed by atoms with van der Waals surface area (Å²) in [5, 5.41) is 2.91. The fraction of sp³-hybridized carbons (Fsp3) is 0.435. The molecule has 1 aromatic carbocycles. The number of hydrazine groups is 1. The smallest absolute Gasteiger partial charge is 0.333 e. The zero-order valence-corrected chi connectivity index (χ0v) is 18.2. The van der Waals surface area contributed by atoms with Crippen LogP contribution in [-0.4, -0.2) is 73.7 Å². The molecule has 2 fully saturated rings. The van der Waals surface area contributed by atoms with Crippen molar-refractivity contribution in [2.75, 3.05) is 55.6 Å². The van der Waals surface area contributed by atoms with E-state index in [0.717, 1.165) is 45.0 Å². The first-order valence-electron chi connectivity index (χ1n) is 11.2. The summed E-state index contributed by atoms with van der Waals surface area (Å²) in [7, 11) is 0. The number of nitrogens with one attached hydrogen (secondary N) is 3. The van der Waals surface area contributed by atoms with E-state index in [1.807, 2.05) is 24.3 Å². The SMILES string of the molecule is O=C(CCN1CCN(c2ccccc2)CC1)NNC(=O)NC1CCN(c2ccccn2)C1. The van der Waals surface area contributed by atoms with Crippen molar-refractivity contribution < 1.29 is 9.59 Å².